The van der Waals surface area contributed by atoms with Gasteiger partial charge in [0, 0.05) is 5.92 Å². The normalized spacial score (nSPS) is 12.2. The molecule has 0 amide bonds. The van der Waals surface area contributed by atoms with E-state index in [1.165, 1.54) is 11.1 Å². The Kier molecular flexibility index (Phi) is 4.80. The summed E-state index contributed by atoms with van der Waals surface area (Å²) in [5.74, 6) is 1.02. The van der Waals surface area contributed by atoms with E-state index in [1.54, 1.807) is 7.11 Å². The number of ether oxygens (including phenoxy) is 1. The van der Waals surface area contributed by atoms with E-state index in [-0.39, 0.29) is 12.5 Å². The van der Waals surface area contributed by atoms with E-state index in [4.69, 9.17) is 4.74 Å². The highest BCUT2D eigenvalue weighted by molar-refractivity contribution is 5.38. The zero-order chi connectivity index (χ0) is 14.5. The number of aliphatic hydroxyl groups excluding tert-OH is 1. The lowest BCUT2D eigenvalue weighted by atomic mass is 9.90. The third-order valence-corrected chi connectivity index (χ3v) is 3.84. The zero-order valence-corrected chi connectivity index (χ0v) is 12.4. The molecular weight excluding hydrogens is 248 g/mol. The molecule has 0 aliphatic rings. The smallest absolute Gasteiger partial charge is 0.121 e. The van der Waals surface area contributed by atoms with Gasteiger partial charge in [0.2, 0.25) is 0 Å². The van der Waals surface area contributed by atoms with Gasteiger partial charge < -0.3 is 9.84 Å². The van der Waals surface area contributed by atoms with Gasteiger partial charge >= 0.3 is 0 Å². The second-order valence-electron chi connectivity index (χ2n) is 5.24. The van der Waals surface area contributed by atoms with Crippen molar-refractivity contribution in [3.63, 3.8) is 0 Å². The van der Waals surface area contributed by atoms with E-state index >= 15 is 0 Å². The Morgan fingerprint density at radius 3 is 2.40 bits per heavy atom. The quantitative estimate of drug-likeness (QED) is 0.899. The summed E-state index contributed by atoms with van der Waals surface area (Å²) in [6, 6.07) is 14.5. The molecule has 0 bridgehead atoms. The molecule has 2 aromatic carbocycles. The maximum absolute atomic E-state index is 9.72. The van der Waals surface area contributed by atoms with E-state index in [0.717, 1.165) is 23.3 Å². The molecular formula is C18H22O2. The first-order chi connectivity index (χ1) is 9.65. The van der Waals surface area contributed by atoms with Crippen molar-refractivity contribution in [3.8, 4) is 5.75 Å². The lowest BCUT2D eigenvalue weighted by molar-refractivity contribution is 0.264. The van der Waals surface area contributed by atoms with E-state index in [2.05, 4.69) is 31.2 Å². The largest absolute Gasteiger partial charge is 0.496 e. The molecule has 0 fully saturated rings. The van der Waals surface area contributed by atoms with Crippen LogP contribution in [0.1, 0.15) is 28.2 Å². The maximum atomic E-state index is 9.72. The summed E-state index contributed by atoms with van der Waals surface area (Å²) in [5, 5.41) is 9.72. The van der Waals surface area contributed by atoms with Gasteiger partial charge in [0.15, 0.2) is 0 Å². The van der Waals surface area contributed by atoms with Gasteiger partial charge in [-0.15, -0.1) is 0 Å². The summed E-state index contributed by atoms with van der Waals surface area (Å²) in [6.07, 6.45) is 0.856. The highest BCUT2D eigenvalue weighted by Gasteiger charge is 2.13. The Morgan fingerprint density at radius 1 is 1.05 bits per heavy atom. The first-order valence-electron chi connectivity index (χ1n) is 6.95. The summed E-state index contributed by atoms with van der Waals surface area (Å²) >= 11 is 0. The molecule has 2 aromatic rings. The van der Waals surface area contributed by atoms with Crippen LogP contribution in [0.2, 0.25) is 0 Å². The Labute approximate surface area is 121 Å². The van der Waals surface area contributed by atoms with Crippen LogP contribution in [0.15, 0.2) is 42.5 Å². The van der Waals surface area contributed by atoms with Crippen LogP contribution in [-0.4, -0.2) is 18.8 Å². The van der Waals surface area contributed by atoms with Crippen LogP contribution in [-0.2, 0) is 6.42 Å². The van der Waals surface area contributed by atoms with Crippen LogP contribution in [0.25, 0.3) is 0 Å². The van der Waals surface area contributed by atoms with Crippen LogP contribution in [0, 0.1) is 13.8 Å². The number of aryl methyl sites for hydroxylation is 2. The third kappa shape index (κ3) is 3.20. The van der Waals surface area contributed by atoms with Crippen LogP contribution < -0.4 is 4.74 Å². The monoisotopic (exact) mass is 270 g/mol. The lowest BCUT2D eigenvalue weighted by Gasteiger charge is -2.17. The number of hydrogen-bond acceptors (Lipinski definition) is 2. The standard InChI is InChI=1S/C18H22O2/c1-13-6-4-5-7-15(13)11-17(12-19)16-8-9-18(20-3)14(2)10-16/h4-10,17,19H,11-12H2,1-3H3. The number of rotatable bonds is 5. The van der Waals surface area contributed by atoms with Gasteiger partial charge in [-0.1, -0.05) is 36.4 Å². The molecule has 1 N–H and O–H groups in total. The topological polar surface area (TPSA) is 29.5 Å². The average Bonchev–Trinajstić information content (AvgIpc) is 2.46. The van der Waals surface area contributed by atoms with Gasteiger partial charge in [-0.05, 0) is 48.6 Å². The molecule has 0 saturated heterocycles. The van der Waals surface area contributed by atoms with Gasteiger partial charge in [0.1, 0.15) is 5.75 Å². The highest BCUT2D eigenvalue weighted by Crippen LogP contribution is 2.26. The van der Waals surface area contributed by atoms with Gasteiger partial charge in [0.05, 0.1) is 13.7 Å². The van der Waals surface area contributed by atoms with Gasteiger partial charge in [0.25, 0.3) is 0 Å². The molecule has 0 spiro atoms. The molecule has 20 heavy (non-hydrogen) atoms. The molecule has 0 heterocycles. The van der Waals surface area contributed by atoms with E-state index in [1.807, 2.05) is 25.1 Å². The Bertz CT molecular complexity index is 575. The van der Waals surface area contributed by atoms with Crippen molar-refractivity contribution in [2.75, 3.05) is 13.7 Å². The van der Waals surface area contributed by atoms with Gasteiger partial charge in [-0.25, -0.2) is 0 Å². The van der Waals surface area contributed by atoms with Crippen molar-refractivity contribution in [2.24, 2.45) is 0 Å². The summed E-state index contributed by atoms with van der Waals surface area (Å²) in [6.45, 7) is 4.30. The van der Waals surface area contributed by atoms with Gasteiger partial charge in [-0.2, -0.15) is 0 Å². The maximum Gasteiger partial charge on any atom is 0.121 e. The van der Waals surface area contributed by atoms with Crippen molar-refractivity contribution >= 4 is 0 Å². The van der Waals surface area contributed by atoms with Crippen molar-refractivity contribution in [1.29, 1.82) is 0 Å². The molecule has 1 unspecified atom stereocenters. The molecule has 106 valence electrons. The molecule has 2 rings (SSSR count). The fraction of sp³-hybridized carbons (Fsp3) is 0.333. The summed E-state index contributed by atoms with van der Waals surface area (Å²) < 4.78 is 5.29. The number of methoxy groups -OCH3 is 1. The minimum Gasteiger partial charge on any atom is -0.496 e. The zero-order valence-electron chi connectivity index (χ0n) is 12.4. The Hall–Kier alpha value is -1.80. The van der Waals surface area contributed by atoms with Crippen LogP contribution in [0.5, 0.6) is 5.75 Å². The van der Waals surface area contributed by atoms with E-state index in [0.29, 0.717) is 0 Å². The predicted molar refractivity (Wildman–Crippen MR) is 82.4 cm³/mol. The number of aliphatic hydroxyl groups is 1. The third-order valence-electron chi connectivity index (χ3n) is 3.84. The van der Waals surface area contributed by atoms with Crippen molar-refractivity contribution < 1.29 is 9.84 Å². The van der Waals surface area contributed by atoms with Crippen LogP contribution in [0.4, 0.5) is 0 Å². The molecule has 0 aliphatic carbocycles. The molecule has 2 nitrogen and oxygen atoms in total. The summed E-state index contributed by atoms with van der Waals surface area (Å²) in [4.78, 5) is 0. The fourth-order valence-electron chi connectivity index (χ4n) is 2.55. The minimum atomic E-state index is 0.126. The van der Waals surface area contributed by atoms with Crippen molar-refractivity contribution in [1.82, 2.24) is 0 Å². The molecule has 0 saturated carbocycles. The molecule has 1 atom stereocenters. The van der Waals surface area contributed by atoms with Crippen LogP contribution >= 0.6 is 0 Å². The number of hydrogen-bond donors (Lipinski definition) is 1. The minimum absolute atomic E-state index is 0.126. The second kappa shape index (κ2) is 6.58. The van der Waals surface area contributed by atoms with E-state index in [9.17, 15) is 5.11 Å². The van der Waals surface area contributed by atoms with Crippen molar-refractivity contribution in [3.05, 3.63) is 64.7 Å². The van der Waals surface area contributed by atoms with E-state index < -0.39 is 0 Å². The molecule has 0 aromatic heterocycles. The molecule has 0 aliphatic heterocycles. The fourth-order valence-corrected chi connectivity index (χ4v) is 2.55. The average molecular weight is 270 g/mol. The second-order valence-corrected chi connectivity index (χ2v) is 5.24. The first kappa shape index (κ1) is 14.6. The van der Waals surface area contributed by atoms with Crippen molar-refractivity contribution in [2.45, 2.75) is 26.2 Å². The molecule has 2 heteroatoms. The van der Waals surface area contributed by atoms with Crippen LogP contribution in [0.3, 0.4) is 0 Å². The number of benzene rings is 2. The lowest BCUT2D eigenvalue weighted by Crippen LogP contribution is -2.09. The highest BCUT2D eigenvalue weighted by atomic mass is 16.5. The molecule has 0 radical (unpaired) electrons. The predicted octanol–water partition coefficient (Wildman–Crippen LogP) is 3.63. The van der Waals surface area contributed by atoms with Gasteiger partial charge in [-0.3, -0.25) is 0 Å². The SMILES string of the molecule is COc1ccc(C(CO)Cc2ccccc2C)cc1C. The summed E-state index contributed by atoms with van der Waals surface area (Å²) in [5.41, 5.74) is 4.83. The first-order valence-corrected chi connectivity index (χ1v) is 6.95. The summed E-state index contributed by atoms with van der Waals surface area (Å²) in [7, 11) is 1.68. The Balaban J connectivity index is 2.24. The Morgan fingerprint density at radius 2 is 1.80 bits per heavy atom.